The van der Waals surface area contributed by atoms with Gasteiger partial charge >= 0.3 is 0 Å². The predicted molar refractivity (Wildman–Crippen MR) is 73.6 cm³/mol. The molecule has 1 aliphatic carbocycles. The zero-order chi connectivity index (χ0) is 11.9. The Bertz CT molecular complexity index is 383. The van der Waals surface area contributed by atoms with E-state index < -0.39 is 0 Å². The number of hydrogen-bond acceptors (Lipinski definition) is 2. The van der Waals surface area contributed by atoms with E-state index in [0.717, 1.165) is 5.69 Å². The molecule has 0 spiro atoms. The normalized spacial score (nSPS) is 17.2. The molecule has 0 aliphatic heterocycles. The predicted octanol–water partition coefficient (Wildman–Crippen LogP) is 3.98. The van der Waals surface area contributed by atoms with Crippen molar-refractivity contribution in [3.05, 3.63) is 30.3 Å². The topological polar surface area (TPSA) is 36.8 Å². The molecule has 1 aliphatic rings. The van der Waals surface area contributed by atoms with Crippen LogP contribution in [0.25, 0.3) is 0 Å². The van der Waals surface area contributed by atoms with Crippen molar-refractivity contribution in [1.82, 2.24) is 5.32 Å². The van der Waals surface area contributed by atoms with E-state index in [1.807, 2.05) is 30.3 Å². The van der Waals surface area contributed by atoms with Crippen LogP contribution in [-0.4, -0.2) is 11.2 Å². The third kappa shape index (κ3) is 4.23. The minimum absolute atomic E-state index is 0.492. The zero-order valence-corrected chi connectivity index (χ0v) is 10.6. The molecule has 1 aromatic carbocycles. The fraction of sp³-hybridized carbons (Fsp3) is 0.462. The first-order valence-corrected chi connectivity index (χ1v) is 6.53. The fourth-order valence-electron chi connectivity index (χ4n) is 2.05. The molecule has 1 aromatic rings. The summed E-state index contributed by atoms with van der Waals surface area (Å²) in [6.07, 6.45) is 6.31. The summed E-state index contributed by atoms with van der Waals surface area (Å²) in [7, 11) is 0. The minimum Gasteiger partial charge on any atom is -0.357 e. The highest BCUT2D eigenvalue weighted by molar-refractivity contribution is 7.80. The number of nitrogens with zero attached hydrogens (tertiary/aromatic N) is 2. The summed E-state index contributed by atoms with van der Waals surface area (Å²) in [5.41, 5.74) is 0.834. The summed E-state index contributed by atoms with van der Waals surface area (Å²) in [5, 5.41) is 11.9. The Morgan fingerprint density at radius 1 is 1.12 bits per heavy atom. The van der Waals surface area contributed by atoms with Crippen molar-refractivity contribution >= 4 is 23.0 Å². The number of nitrogens with one attached hydrogen (secondary N) is 1. The standard InChI is InChI=1S/C13H17N3S/c17-13(14-11-7-3-1-4-8-11)16-15-12-9-5-2-6-10-12/h2,5-6,9-11H,1,3-4,7-8H2,(H,14,17). The molecule has 0 unspecified atom stereocenters. The van der Waals surface area contributed by atoms with E-state index in [0.29, 0.717) is 11.2 Å². The molecule has 1 saturated carbocycles. The Hall–Kier alpha value is -1.29. The van der Waals surface area contributed by atoms with Crippen LogP contribution < -0.4 is 5.32 Å². The first-order chi connectivity index (χ1) is 8.34. The second-order valence-corrected chi connectivity index (χ2v) is 4.71. The molecule has 3 nitrogen and oxygen atoms in total. The lowest BCUT2D eigenvalue weighted by Crippen LogP contribution is -2.33. The van der Waals surface area contributed by atoms with Crippen LogP contribution in [0.3, 0.4) is 0 Å². The first kappa shape index (κ1) is 12.2. The van der Waals surface area contributed by atoms with E-state index >= 15 is 0 Å². The molecule has 0 saturated heterocycles. The number of hydrogen-bond donors (Lipinski definition) is 1. The SMILES string of the molecule is S=C(N=Nc1ccccc1)NC1CCCCC1. The van der Waals surface area contributed by atoms with Gasteiger partial charge in [-0.05, 0) is 37.2 Å². The summed E-state index contributed by atoms with van der Waals surface area (Å²) in [6.45, 7) is 0. The first-order valence-electron chi connectivity index (χ1n) is 6.12. The van der Waals surface area contributed by atoms with Gasteiger partial charge in [0.15, 0.2) is 0 Å². The Morgan fingerprint density at radius 2 is 1.82 bits per heavy atom. The van der Waals surface area contributed by atoms with Gasteiger partial charge in [0, 0.05) is 6.04 Å². The summed E-state index contributed by atoms with van der Waals surface area (Å²) in [4.78, 5) is 0. The largest absolute Gasteiger partial charge is 0.357 e. The molecule has 4 heteroatoms. The van der Waals surface area contributed by atoms with Gasteiger partial charge in [-0.3, -0.25) is 0 Å². The molecular weight excluding hydrogens is 230 g/mol. The molecule has 0 amide bonds. The maximum absolute atomic E-state index is 5.16. The summed E-state index contributed by atoms with van der Waals surface area (Å²) in [5.74, 6) is 0. The van der Waals surface area contributed by atoms with E-state index in [1.165, 1.54) is 32.1 Å². The average molecular weight is 247 g/mol. The van der Waals surface area contributed by atoms with E-state index in [4.69, 9.17) is 12.2 Å². The van der Waals surface area contributed by atoms with Gasteiger partial charge in [0.25, 0.3) is 0 Å². The lowest BCUT2D eigenvalue weighted by atomic mass is 9.96. The third-order valence-corrected chi connectivity index (χ3v) is 3.14. The van der Waals surface area contributed by atoms with Crippen LogP contribution in [0.4, 0.5) is 5.69 Å². The van der Waals surface area contributed by atoms with Crippen molar-refractivity contribution in [3.63, 3.8) is 0 Å². The van der Waals surface area contributed by atoms with Crippen molar-refractivity contribution in [2.75, 3.05) is 0 Å². The van der Waals surface area contributed by atoms with Gasteiger partial charge in [-0.25, -0.2) is 0 Å². The second-order valence-electron chi connectivity index (χ2n) is 4.32. The summed E-state index contributed by atoms with van der Waals surface area (Å²) in [6, 6.07) is 10.1. The molecule has 1 N–H and O–H groups in total. The van der Waals surface area contributed by atoms with Crippen molar-refractivity contribution in [3.8, 4) is 0 Å². The molecule has 1 fully saturated rings. The Balaban J connectivity index is 1.82. The highest BCUT2D eigenvalue weighted by atomic mass is 32.1. The quantitative estimate of drug-likeness (QED) is 0.634. The minimum atomic E-state index is 0.492. The Morgan fingerprint density at radius 3 is 2.53 bits per heavy atom. The Labute approximate surface area is 107 Å². The van der Waals surface area contributed by atoms with E-state index in [1.54, 1.807) is 0 Å². The lowest BCUT2D eigenvalue weighted by Gasteiger charge is -2.22. The molecule has 0 radical (unpaired) electrons. The van der Waals surface area contributed by atoms with Crippen molar-refractivity contribution in [2.24, 2.45) is 10.2 Å². The van der Waals surface area contributed by atoms with Crippen molar-refractivity contribution in [2.45, 2.75) is 38.1 Å². The summed E-state index contributed by atoms with van der Waals surface area (Å²) < 4.78 is 0. The summed E-state index contributed by atoms with van der Waals surface area (Å²) >= 11 is 5.16. The van der Waals surface area contributed by atoms with Crippen LogP contribution in [-0.2, 0) is 0 Å². The van der Waals surface area contributed by atoms with Crippen molar-refractivity contribution < 1.29 is 0 Å². The van der Waals surface area contributed by atoms with Crippen LogP contribution in [0.1, 0.15) is 32.1 Å². The van der Waals surface area contributed by atoms with E-state index in [2.05, 4.69) is 15.5 Å². The maximum atomic E-state index is 5.16. The van der Waals surface area contributed by atoms with Crippen LogP contribution in [0.2, 0.25) is 0 Å². The molecular formula is C13H17N3S. The van der Waals surface area contributed by atoms with Crippen molar-refractivity contribution in [1.29, 1.82) is 0 Å². The van der Waals surface area contributed by atoms with Gasteiger partial charge in [0.2, 0.25) is 5.11 Å². The average Bonchev–Trinajstić information content (AvgIpc) is 2.39. The number of rotatable bonds is 2. The molecule has 17 heavy (non-hydrogen) atoms. The van der Waals surface area contributed by atoms with Gasteiger partial charge in [-0.2, -0.15) is 0 Å². The van der Waals surface area contributed by atoms with Crippen LogP contribution >= 0.6 is 12.2 Å². The zero-order valence-electron chi connectivity index (χ0n) is 9.80. The van der Waals surface area contributed by atoms with Gasteiger partial charge in [0.05, 0.1) is 5.69 Å². The van der Waals surface area contributed by atoms with Crippen LogP contribution in [0.5, 0.6) is 0 Å². The van der Waals surface area contributed by atoms with Gasteiger partial charge in [0.1, 0.15) is 0 Å². The molecule has 0 heterocycles. The van der Waals surface area contributed by atoms with Gasteiger partial charge < -0.3 is 5.32 Å². The van der Waals surface area contributed by atoms with Gasteiger partial charge in [-0.15, -0.1) is 10.2 Å². The highest BCUT2D eigenvalue weighted by Crippen LogP contribution is 2.17. The van der Waals surface area contributed by atoms with Gasteiger partial charge in [-0.1, -0.05) is 37.5 Å². The maximum Gasteiger partial charge on any atom is 0.214 e. The monoisotopic (exact) mass is 247 g/mol. The second kappa shape index (κ2) is 6.45. The van der Waals surface area contributed by atoms with E-state index in [-0.39, 0.29) is 0 Å². The number of benzene rings is 1. The molecule has 0 aromatic heterocycles. The molecule has 90 valence electrons. The third-order valence-electron chi connectivity index (χ3n) is 2.95. The Kier molecular flexibility index (Phi) is 4.62. The molecule has 2 rings (SSSR count). The number of azo groups is 1. The van der Waals surface area contributed by atoms with E-state index in [9.17, 15) is 0 Å². The highest BCUT2D eigenvalue weighted by Gasteiger charge is 2.13. The smallest absolute Gasteiger partial charge is 0.214 e. The molecule has 0 bridgehead atoms. The van der Waals surface area contributed by atoms with Crippen LogP contribution in [0, 0.1) is 0 Å². The number of thiocarbonyl (C=S) groups is 1. The fourth-order valence-corrected chi connectivity index (χ4v) is 2.26. The van der Waals surface area contributed by atoms with Crippen LogP contribution in [0.15, 0.2) is 40.6 Å². The lowest BCUT2D eigenvalue weighted by molar-refractivity contribution is 0.414. The molecule has 0 atom stereocenters.